The molecule has 4 nitrogen and oxygen atoms in total. The fraction of sp³-hybridized carbons (Fsp3) is 0. The van der Waals surface area contributed by atoms with Gasteiger partial charge in [0.1, 0.15) is 5.69 Å². The lowest BCUT2D eigenvalue weighted by molar-refractivity contribution is 0.0692. The number of aromatic carboxylic acids is 1. The largest absolute Gasteiger partial charge is 0.477 e. The number of aromatic nitrogens is 1. The topological polar surface area (TPSA) is 76.9 Å². The van der Waals surface area contributed by atoms with Crippen molar-refractivity contribution in [3.8, 4) is 6.07 Å². The molecule has 0 amide bonds. The molecule has 0 aliphatic carbocycles. The van der Waals surface area contributed by atoms with E-state index < -0.39 is 5.97 Å². The number of rotatable bonds is 1. The summed E-state index contributed by atoms with van der Waals surface area (Å²) < 4.78 is 0. The van der Waals surface area contributed by atoms with Crippen molar-refractivity contribution in [1.82, 2.24) is 4.98 Å². The summed E-state index contributed by atoms with van der Waals surface area (Å²) in [5, 5.41) is 18.3. The predicted molar refractivity (Wildman–Crippen MR) is 55.0 cm³/mol. The molecule has 0 aliphatic rings. The molecule has 1 aromatic carbocycles. The molecule has 2 aromatic rings. The molecule has 0 spiro atoms. The molecular weight excluding hydrogens is 216 g/mol. The first-order valence-electron chi connectivity index (χ1n) is 4.08. The Hall–Kier alpha value is -1.99. The normalized spacial score (nSPS) is 10.1. The highest BCUT2D eigenvalue weighted by Gasteiger charge is 2.15. The van der Waals surface area contributed by atoms with Crippen LogP contribution in [0.3, 0.4) is 0 Å². The number of nitrogens with one attached hydrogen (secondary N) is 1. The van der Waals surface area contributed by atoms with E-state index in [2.05, 4.69) is 4.98 Å². The first-order valence-corrected chi connectivity index (χ1v) is 4.46. The third-order valence-electron chi connectivity index (χ3n) is 2.08. The zero-order chi connectivity index (χ0) is 11.0. The van der Waals surface area contributed by atoms with Crippen molar-refractivity contribution in [3.63, 3.8) is 0 Å². The summed E-state index contributed by atoms with van der Waals surface area (Å²) in [6.07, 6.45) is 0. The maximum Gasteiger partial charge on any atom is 0.353 e. The molecule has 0 unspecified atom stereocenters. The molecule has 15 heavy (non-hydrogen) atoms. The van der Waals surface area contributed by atoms with Crippen molar-refractivity contribution in [2.24, 2.45) is 0 Å². The number of nitriles is 1. The van der Waals surface area contributed by atoms with Crippen molar-refractivity contribution in [3.05, 3.63) is 34.5 Å². The van der Waals surface area contributed by atoms with Crippen LogP contribution in [-0.4, -0.2) is 16.1 Å². The van der Waals surface area contributed by atoms with Crippen molar-refractivity contribution in [2.45, 2.75) is 0 Å². The molecule has 1 aromatic heterocycles. The van der Waals surface area contributed by atoms with E-state index in [0.717, 1.165) is 0 Å². The number of hydrogen-bond donors (Lipinski definition) is 2. The second kappa shape index (κ2) is 3.30. The zero-order valence-electron chi connectivity index (χ0n) is 7.41. The van der Waals surface area contributed by atoms with Crippen LogP contribution in [0.5, 0.6) is 0 Å². The molecule has 0 radical (unpaired) electrons. The minimum Gasteiger partial charge on any atom is -0.477 e. The molecule has 0 saturated carbocycles. The molecule has 0 aliphatic heterocycles. The lowest BCUT2D eigenvalue weighted by atomic mass is 10.2. The molecule has 5 heteroatoms. The molecule has 0 bridgehead atoms. The van der Waals surface area contributed by atoms with E-state index in [1.165, 1.54) is 0 Å². The highest BCUT2D eigenvalue weighted by molar-refractivity contribution is 6.38. The summed E-state index contributed by atoms with van der Waals surface area (Å²) >= 11 is 5.85. The lowest BCUT2D eigenvalue weighted by Gasteiger charge is -1.90. The number of benzene rings is 1. The smallest absolute Gasteiger partial charge is 0.353 e. The summed E-state index contributed by atoms with van der Waals surface area (Å²) in [6.45, 7) is 0. The van der Waals surface area contributed by atoms with Crippen LogP contribution < -0.4 is 0 Å². The van der Waals surface area contributed by atoms with Crippen molar-refractivity contribution < 1.29 is 9.90 Å². The lowest BCUT2D eigenvalue weighted by Crippen LogP contribution is -1.96. The van der Waals surface area contributed by atoms with Gasteiger partial charge in [-0.2, -0.15) is 5.26 Å². The second-order valence-electron chi connectivity index (χ2n) is 2.99. The number of carboxylic acids is 1. The molecular formula is C10H5ClN2O2. The number of carbonyl (C=O) groups is 1. The Morgan fingerprint density at radius 2 is 2.27 bits per heavy atom. The standard InChI is InChI=1S/C10H5ClN2O2/c11-8-6-2-1-5(4-12)3-7(6)13-9(8)10(14)15/h1-3,13H,(H,14,15). The Kier molecular flexibility index (Phi) is 2.10. The molecule has 2 rings (SSSR count). The number of carboxylic acid groups (broad SMARTS) is 1. The van der Waals surface area contributed by atoms with Gasteiger partial charge in [-0.15, -0.1) is 0 Å². The SMILES string of the molecule is N#Cc1ccc2c(Cl)c(C(=O)O)[nH]c2c1. The van der Waals surface area contributed by atoms with Crippen LogP contribution in [0.2, 0.25) is 5.02 Å². The third-order valence-corrected chi connectivity index (χ3v) is 2.47. The van der Waals surface area contributed by atoms with Crippen molar-refractivity contribution in [1.29, 1.82) is 5.26 Å². The van der Waals surface area contributed by atoms with Gasteiger partial charge in [0.25, 0.3) is 0 Å². The van der Waals surface area contributed by atoms with Gasteiger partial charge in [-0.3, -0.25) is 0 Å². The summed E-state index contributed by atoms with van der Waals surface area (Å²) in [5.41, 5.74) is 0.954. The van der Waals surface area contributed by atoms with Gasteiger partial charge in [0.05, 0.1) is 16.7 Å². The molecule has 0 atom stereocenters. The van der Waals surface area contributed by atoms with E-state index in [1.807, 2.05) is 6.07 Å². The fourth-order valence-corrected chi connectivity index (χ4v) is 1.67. The third kappa shape index (κ3) is 1.43. The van der Waals surface area contributed by atoms with Crippen molar-refractivity contribution >= 4 is 28.5 Å². The Bertz CT molecular complexity index is 595. The second-order valence-corrected chi connectivity index (χ2v) is 3.37. The Morgan fingerprint density at radius 3 is 2.87 bits per heavy atom. The van der Waals surface area contributed by atoms with E-state index in [1.54, 1.807) is 18.2 Å². The Balaban J connectivity index is 2.77. The number of hydrogen-bond acceptors (Lipinski definition) is 2. The van der Waals surface area contributed by atoms with E-state index in [0.29, 0.717) is 16.5 Å². The van der Waals surface area contributed by atoms with Crippen LogP contribution in [0.25, 0.3) is 10.9 Å². The monoisotopic (exact) mass is 220 g/mol. The van der Waals surface area contributed by atoms with Crippen LogP contribution >= 0.6 is 11.6 Å². The van der Waals surface area contributed by atoms with Gasteiger partial charge in [0, 0.05) is 10.9 Å². The van der Waals surface area contributed by atoms with E-state index in [-0.39, 0.29) is 10.7 Å². The van der Waals surface area contributed by atoms with Gasteiger partial charge in [0.15, 0.2) is 0 Å². The van der Waals surface area contributed by atoms with Crippen LogP contribution in [-0.2, 0) is 0 Å². The minimum atomic E-state index is -1.12. The van der Waals surface area contributed by atoms with Gasteiger partial charge >= 0.3 is 5.97 Å². The molecule has 0 fully saturated rings. The van der Waals surface area contributed by atoms with E-state index in [9.17, 15) is 4.79 Å². The summed E-state index contributed by atoms with van der Waals surface area (Å²) in [6, 6.07) is 6.74. The number of halogens is 1. The Labute approximate surface area is 89.7 Å². The maximum atomic E-state index is 10.8. The van der Waals surface area contributed by atoms with Crippen LogP contribution in [0.1, 0.15) is 16.1 Å². The number of aromatic amines is 1. The van der Waals surface area contributed by atoms with Crippen molar-refractivity contribution in [2.75, 3.05) is 0 Å². The highest BCUT2D eigenvalue weighted by atomic mass is 35.5. The van der Waals surface area contributed by atoms with Gasteiger partial charge < -0.3 is 10.1 Å². The van der Waals surface area contributed by atoms with Crippen LogP contribution in [0.4, 0.5) is 0 Å². The van der Waals surface area contributed by atoms with E-state index >= 15 is 0 Å². The molecule has 0 saturated heterocycles. The zero-order valence-corrected chi connectivity index (χ0v) is 8.17. The number of H-pyrrole nitrogens is 1. The predicted octanol–water partition coefficient (Wildman–Crippen LogP) is 2.39. The fourth-order valence-electron chi connectivity index (χ4n) is 1.38. The molecule has 1 heterocycles. The quantitative estimate of drug-likeness (QED) is 0.775. The average molecular weight is 221 g/mol. The summed E-state index contributed by atoms with van der Waals surface area (Å²) in [5.74, 6) is -1.12. The number of fused-ring (bicyclic) bond motifs is 1. The van der Waals surface area contributed by atoms with Gasteiger partial charge in [-0.05, 0) is 18.2 Å². The first-order chi connectivity index (χ1) is 7.13. The highest BCUT2D eigenvalue weighted by Crippen LogP contribution is 2.27. The summed E-state index contributed by atoms with van der Waals surface area (Å²) in [7, 11) is 0. The van der Waals surface area contributed by atoms with Crippen LogP contribution in [0.15, 0.2) is 18.2 Å². The maximum absolute atomic E-state index is 10.8. The van der Waals surface area contributed by atoms with Gasteiger partial charge in [0.2, 0.25) is 0 Å². The van der Waals surface area contributed by atoms with Gasteiger partial charge in [-0.1, -0.05) is 11.6 Å². The van der Waals surface area contributed by atoms with Crippen LogP contribution in [0, 0.1) is 11.3 Å². The molecule has 74 valence electrons. The first kappa shape index (κ1) is 9.56. The van der Waals surface area contributed by atoms with Gasteiger partial charge in [-0.25, -0.2) is 4.79 Å². The minimum absolute atomic E-state index is 0.0539. The van der Waals surface area contributed by atoms with E-state index in [4.69, 9.17) is 22.0 Å². The molecule has 2 N–H and O–H groups in total. The number of nitrogens with zero attached hydrogens (tertiary/aromatic N) is 1. The summed E-state index contributed by atoms with van der Waals surface area (Å²) in [4.78, 5) is 13.4. The Morgan fingerprint density at radius 1 is 1.53 bits per heavy atom. The average Bonchev–Trinajstić information content (AvgIpc) is 2.55.